The maximum Gasteiger partial charge on any atom is 0.251 e. The molecular formula is C15H23N3O. The van der Waals surface area contributed by atoms with E-state index in [0.717, 1.165) is 31.0 Å². The highest BCUT2D eigenvalue weighted by atomic mass is 16.1. The van der Waals surface area contributed by atoms with Crippen molar-refractivity contribution in [2.24, 2.45) is 5.92 Å². The maximum atomic E-state index is 12.0. The summed E-state index contributed by atoms with van der Waals surface area (Å²) in [5, 5.41) is 2.98. The molecule has 0 atom stereocenters. The number of anilines is 1. The van der Waals surface area contributed by atoms with Gasteiger partial charge in [0, 0.05) is 17.8 Å². The molecule has 1 aromatic rings. The van der Waals surface area contributed by atoms with Gasteiger partial charge in [0.05, 0.1) is 0 Å². The Morgan fingerprint density at radius 2 is 2.16 bits per heavy atom. The van der Waals surface area contributed by atoms with E-state index >= 15 is 0 Å². The van der Waals surface area contributed by atoms with Gasteiger partial charge in [0.1, 0.15) is 5.82 Å². The number of pyridine rings is 1. The van der Waals surface area contributed by atoms with Gasteiger partial charge < -0.3 is 11.1 Å². The van der Waals surface area contributed by atoms with Crippen LogP contribution in [0.25, 0.3) is 0 Å². The van der Waals surface area contributed by atoms with Crippen LogP contribution >= 0.6 is 0 Å². The molecule has 4 nitrogen and oxygen atoms in total. The van der Waals surface area contributed by atoms with Crippen LogP contribution in [0.5, 0.6) is 0 Å². The number of nitrogens with zero attached hydrogens (tertiary/aromatic N) is 1. The number of hydrogen-bond donors (Lipinski definition) is 2. The van der Waals surface area contributed by atoms with Crippen molar-refractivity contribution in [1.29, 1.82) is 0 Å². The summed E-state index contributed by atoms with van der Waals surface area (Å²) < 4.78 is 0. The van der Waals surface area contributed by atoms with Gasteiger partial charge in [-0.05, 0) is 30.9 Å². The summed E-state index contributed by atoms with van der Waals surface area (Å²) in [5.74, 6) is 1.18. The number of rotatable bonds is 5. The Kier molecular flexibility index (Phi) is 4.77. The molecule has 1 aromatic heterocycles. The fraction of sp³-hybridized carbons (Fsp3) is 0.600. The largest absolute Gasteiger partial charge is 0.384 e. The van der Waals surface area contributed by atoms with Crippen molar-refractivity contribution in [3.63, 3.8) is 0 Å². The Balaban J connectivity index is 1.86. The summed E-state index contributed by atoms with van der Waals surface area (Å²) in [6.07, 6.45) is 7.20. The van der Waals surface area contributed by atoms with Crippen LogP contribution in [0.4, 0.5) is 5.82 Å². The molecule has 0 radical (unpaired) electrons. The first-order valence-corrected chi connectivity index (χ1v) is 7.23. The Morgan fingerprint density at radius 3 is 2.84 bits per heavy atom. The lowest BCUT2D eigenvalue weighted by atomic mass is 10.0. The number of carbonyl (C=O) groups is 1. The van der Waals surface area contributed by atoms with Crippen LogP contribution in [0, 0.1) is 5.92 Å². The molecule has 19 heavy (non-hydrogen) atoms. The van der Waals surface area contributed by atoms with Crippen molar-refractivity contribution in [2.45, 2.75) is 45.4 Å². The molecule has 4 heteroatoms. The second kappa shape index (κ2) is 6.55. The van der Waals surface area contributed by atoms with Gasteiger partial charge >= 0.3 is 0 Å². The van der Waals surface area contributed by atoms with Gasteiger partial charge in [-0.2, -0.15) is 0 Å². The molecule has 1 amide bonds. The lowest BCUT2D eigenvalue weighted by molar-refractivity contribution is 0.0951. The predicted molar refractivity (Wildman–Crippen MR) is 76.9 cm³/mol. The summed E-state index contributed by atoms with van der Waals surface area (Å²) in [6.45, 7) is 2.76. The first kappa shape index (κ1) is 13.8. The minimum absolute atomic E-state index is 0.0400. The quantitative estimate of drug-likeness (QED) is 0.856. The van der Waals surface area contributed by atoms with Crippen LogP contribution in [-0.2, 0) is 6.42 Å². The second-order valence-corrected chi connectivity index (χ2v) is 5.32. The summed E-state index contributed by atoms with van der Waals surface area (Å²) in [4.78, 5) is 16.2. The highest BCUT2D eigenvalue weighted by molar-refractivity contribution is 5.94. The van der Waals surface area contributed by atoms with Gasteiger partial charge in [-0.3, -0.25) is 4.79 Å². The SMILES string of the molecule is CCc1cc(C(=O)NCCC2CCCC2)cc(N)n1. The number of aryl methyl sites for hydroxylation is 1. The molecule has 3 N–H and O–H groups in total. The topological polar surface area (TPSA) is 68.0 Å². The Morgan fingerprint density at radius 1 is 1.42 bits per heavy atom. The molecule has 0 aliphatic heterocycles. The lowest BCUT2D eigenvalue weighted by Gasteiger charge is -2.10. The van der Waals surface area contributed by atoms with Gasteiger partial charge in [0.15, 0.2) is 0 Å². The van der Waals surface area contributed by atoms with Crippen molar-refractivity contribution in [2.75, 3.05) is 12.3 Å². The second-order valence-electron chi connectivity index (χ2n) is 5.32. The standard InChI is InChI=1S/C15H23N3O/c1-2-13-9-12(10-14(16)18-13)15(19)17-8-7-11-5-3-4-6-11/h9-11H,2-8H2,1H3,(H2,16,18)(H,17,19). The molecular weight excluding hydrogens is 238 g/mol. The number of aromatic nitrogens is 1. The van der Waals surface area contributed by atoms with E-state index in [1.54, 1.807) is 6.07 Å². The number of carbonyl (C=O) groups excluding carboxylic acids is 1. The number of nitrogens with two attached hydrogens (primary N) is 1. The van der Waals surface area contributed by atoms with Gasteiger partial charge in [-0.25, -0.2) is 4.98 Å². The molecule has 0 unspecified atom stereocenters. The molecule has 0 saturated heterocycles. The zero-order valence-corrected chi connectivity index (χ0v) is 11.6. The predicted octanol–water partition coefficient (Wildman–Crippen LogP) is 2.54. The summed E-state index contributed by atoms with van der Waals surface area (Å²) in [5.41, 5.74) is 7.19. The molecule has 1 aliphatic carbocycles. The van der Waals surface area contributed by atoms with Crippen LogP contribution in [0.15, 0.2) is 12.1 Å². The fourth-order valence-corrected chi connectivity index (χ4v) is 2.71. The van der Waals surface area contributed by atoms with E-state index in [4.69, 9.17) is 5.73 Å². The van der Waals surface area contributed by atoms with Gasteiger partial charge in [-0.1, -0.05) is 32.6 Å². The summed E-state index contributed by atoms with van der Waals surface area (Å²) >= 11 is 0. The normalized spacial score (nSPS) is 15.6. The first-order chi connectivity index (χ1) is 9.19. The Labute approximate surface area is 114 Å². The van der Waals surface area contributed by atoms with Crippen LogP contribution in [0.3, 0.4) is 0 Å². The number of nitrogens with one attached hydrogen (secondary N) is 1. The van der Waals surface area contributed by atoms with E-state index < -0.39 is 0 Å². The van der Waals surface area contributed by atoms with Crippen molar-refractivity contribution < 1.29 is 4.79 Å². The highest BCUT2D eigenvalue weighted by Crippen LogP contribution is 2.26. The van der Waals surface area contributed by atoms with Crippen molar-refractivity contribution in [3.8, 4) is 0 Å². The van der Waals surface area contributed by atoms with Crippen LogP contribution in [0.1, 0.15) is 55.1 Å². The minimum atomic E-state index is -0.0400. The highest BCUT2D eigenvalue weighted by Gasteiger charge is 2.15. The zero-order chi connectivity index (χ0) is 13.7. The third-order valence-electron chi connectivity index (χ3n) is 3.84. The smallest absolute Gasteiger partial charge is 0.251 e. The number of hydrogen-bond acceptors (Lipinski definition) is 3. The number of nitrogen functional groups attached to an aromatic ring is 1. The molecule has 2 rings (SSSR count). The number of amides is 1. The van der Waals surface area contributed by atoms with E-state index in [-0.39, 0.29) is 5.91 Å². The van der Waals surface area contributed by atoms with Crippen LogP contribution in [0.2, 0.25) is 0 Å². The molecule has 104 valence electrons. The maximum absolute atomic E-state index is 12.0. The Hall–Kier alpha value is -1.58. The average molecular weight is 261 g/mol. The lowest BCUT2D eigenvalue weighted by Crippen LogP contribution is -2.26. The van der Waals surface area contributed by atoms with E-state index in [2.05, 4.69) is 10.3 Å². The first-order valence-electron chi connectivity index (χ1n) is 7.23. The third kappa shape index (κ3) is 3.94. The molecule has 0 spiro atoms. The average Bonchev–Trinajstić information content (AvgIpc) is 2.91. The van der Waals surface area contributed by atoms with Gasteiger partial charge in [0.25, 0.3) is 5.91 Å². The van der Waals surface area contributed by atoms with E-state index in [0.29, 0.717) is 11.4 Å². The molecule has 0 aromatic carbocycles. The van der Waals surface area contributed by atoms with E-state index in [1.807, 2.05) is 13.0 Å². The van der Waals surface area contributed by atoms with E-state index in [1.165, 1.54) is 25.7 Å². The fourth-order valence-electron chi connectivity index (χ4n) is 2.71. The van der Waals surface area contributed by atoms with Crippen molar-refractivity contribution in [1.82, 2.24) is 10.3 Å². The third-order valence-corrected chi connectivity index (χ3v) is 3.84. The summed E-state index contributed by atoms with van der Waals surface area (Å²) in [7, 11) is 0. The Bertz CT molecular complexity index is 439. The van der Waals surface area contributed by atoms with Crippen molar-refractivity contribution >= 4 is 11.7 Å². The molecule has 1 heterocycles. The van der Waals surface area contributed by atoms with Crippen LogP contribution < -0.4 is 11.1 Å². The molecule has 1 aliphatic rings. The van der Waals surface area contributed by atoms with Crippen LogP contribution in [-0.4, -0.2) is 17.4 Å². The minimum Gasteiger partial charge on any atom is -0.384 e. The van der Waals surface area contributed by atoms with E-state index in [9.17, 15) is 4.79 Å². The molecule has 1 fully saturated rings. The zero-order valence-electron chi connectivity index (χ0n) is 11.6. The van der Waals surface area contributed by atoms with Gasteiger partial charge in [0.2, 0.25) is 0 Å². The van der Waals surface area contributed by atoms with Crippen molar-refractivity contribution in [3.05, 3.63) is 23.4 Å². The van der Waals surface area contributed by atoms with Gasteiger partial charge in [-0.15, -0.1) is 0 Å². The summed E-state index contributed by atoms with van der Waals surface area (Å²) in [6, 6.07) is 3.46. The monoisotopic (exact) mass is 261 g/mol. The molecule has 1 saturated carbocycles. The molecule has 0 bridgehead atoms.